The summed E-state index contributed by atoms with van der Waals surface area (Å²) >= 11 is 0. The van der Waals surface area contributed by atoms with E-state index in [1.807, 2.05) is 42.6 Å². The van der Waals surface area contributed by atoms with Crippen LogP contribution in [0.1, 0.15) is 18.4 Å². The molecule has 0 bridgehead atoms. The Labute approximate surface area is 176 Å². The van der Waals surface area contributed by atoms with Gasteiger partial charge in [-0.15, -0.1) is 0 Å². The van der Waals surface area contributed by atoms with Crippen molar-refractivity contribution >= 4 is 23.4 Å². The third kappa shape index (κ3) is 5.31. The molecule has 3 aromatic rings. The molecule has 7 nitrogen and oxygen atoms in total. The van der Waals surface area contributed by atoms with Gasteiger partial charge in [-0.2, -0.15) is 0 Å². The van der Waals surface area contributed by atoms with Crippen LogP contribution in [0.5, 0.6) is 0 Å². The lowest BCUT2D eigenvalue weighted by atomic mass is 10.1. The van der Waals surface area contributed by atoms with Crippen LogP contribution in [0.15, 0.2) is 67.1 Å². The lowest BCUT2D eigenvalue weighted by molar-refractivity contribution is -0.116. The highest BCUT2D eigenvalue weighted by Crippen LogP contribution is 2.17. The quantitative estimate of drug-likeness (QED) is 0.654. The monoisotopic (exact) mass is 402 g/mol. The van der Waals surface area contributed by atoms with E-state index in [2.05, 4.69) is 42.2 Å². The van der Waals surface area contributed by atoms with Gasteiger partial charge in [-0.1, -0.05) is 36.4 Å². The largest absolute Gasteiger partial charge is 0.353 e. The van der Waals surface area contributed by atoms with Gasteiger partial charge in [-0.3, -0.25) is 4.79 Å². The van der Waals surface area contributed by atoms with Crippen molar-refractivity contribution in [3.63, 3.8) is 0 Å². The zero-order valence-electron chi connectivity index (χ0n) is 16.9. The first-order valence-corrected chi connectivity index (χ1v) is 10.3. The number of pyridine rings is 1. The fourth-order valence-corrected chi connectivity index (χ4v) is 3.55. The second-order valence-corrected chi connectivity index (χ2v) is 7.32. The SMILES string of the molecule is O=C(CCCc1ccccc1)Nc1cnc(N2CCN(c3ccccn3)CC2)nc1. The van der Waals surface area contributed by atoms with E-state index in [0.29, 0.717) is 18.1 Å². The fraction of sp³-hybridized carbons (Fsp3) is 0.304. The molecule has 4 rings (SSSR count). The Morgan fingerprint density at radius 2 is 1.57 bits per heavy atom. The lowest BCUT2D eigenvalue weighted by Gasteiger charge is -2.35. The molecule has 0 unspecified atom stereocenters. The third-order valence-electron chi connectivity index (χ3n) is 5.17. The second-order valence-electron chi connectivity index (χ2n) is 7.32. The fourth-order valence-electron chi connectivity index (χ4n) is 3.55. The number of nitrogens with zero attached hydrogens (tertiary/aromatic N) is 5. The van der Waals surface area contributed by atoms with Crippen LogP contribution in [-0.4, -0.2) is 47.0 Å². The van der Waals surface area contributed by atoms with Gasteiger partial charge in [0.1, 0.15) is 5.82 Å². The molecule has 0 spiro atoms. The number of anilines is 3. The van der Waals surface area contributed by atoms with Crippen LogP contribution in [-0.2, 0) is 11.2 Å². The smallest absolute Gasteiger partial charge is 0.225 e. The first-order chi connectivity index (χ1) is 14.8. The molecule has 1 N–H and O–H groups in total. The summed E-state index contributed by atoms with van der Waals surface area (Å²) in [5, 5.41) is 2.89. The number of hydrogen-bond acceptors (Lipinski definition) is 6. The maximum atomic E-state index is 12.2. The van der Waals surface area contributed by atoms with Crippen LogP contribution in [0, 0.1) is 0 Å². The standard InChI is InChI=1S/C23H26N6O/c30-22(11-6-9-19-7-2-1-3-8-19)27-20-17-25-23(26-18-20)29-15-13-28(14-16-29)21-10-4-5-12-24-21/h1-5,7-8,10,12,17-18H,6,9,11,13-16H2,(H,27,30). The molecule has 1 aliphatic heterocycles. The van der Waals surface area contributed by atoms with Gasteiger partial charge in [-0.05, 0) is 30.5 Å². The first kappa shape index (κ1) is 19.8. The average molecular weight is 403 g/mol. The Hall–Kier alpha value is -3.48. The van der Waals surface area contributed by atoms with E-state index in [-0.39, 0.29) is 5.91 Å². The number of nitrogens with one attached hydrogen (secondary N) is 1. The Bertz CT molecular complexity index is 925. The van der Waals surface area contributed by atoms with Crippen molar-refractivity contribution in [2.45, 2.75) is 19.3 Å². The zero-order valence-corrected chi connectivity index (χ0v) is 16.9. The summed E-state index contributed by atoms with van der Waals surface area (Å²) in [7, 11) is 0. The van der Waals surface area contributed by atoms with Crippen molar-refractivity contribution in [3.05, 3.63) is 72.7 Å². The summed E-state index contributed by atoms with van der Waals surface area (Å²) in [5.74, 6) is 1.69. The molecular formula is C23H26N6O. The molecule has 1 aliphatic rings. The minimum atomic E-state index is -0.00810. The lowest BCUT2D eigenvalue weighted by Crippen LogP contribution is -2.47. The Kier molecular flexibility index (Phi) is 6.49. The van der Waals surface area contributed by atoms with Crippen molar-refractivity contribution in [1.82, 2.24) is 15.0 Å². The van der Waals surface area contributed by atoms with Gasteiger partial charge in [0.15, 0.2) is 0 Å². The van der Waals surface area contributed by atoms with Crippen LogP contribution in [0.3, 0.4) is 0 Å². The number of benzene rings is 1. The van der Waals surface area contributed by atoms with E-state index in [1.54, 1.807) is 12.4 Å². The number of carbonyl (C=O) groups excluding carboxylic acids is 1. The Morgan fingerprint density at radius 3 is 2.27 bits per heavy atom. The molecule has 1 aromatic carbocycles. The molecule has 3 heterocycles. The molecule has 0 radical (unpaired) electrons. The van der Waals surface area contributed by atoms with Crippen molar-refractivity contribution in [2.75, 3.05) is 41.3 Å². The summed E-state index contributed by atoms with van der Waals surface area (Å²) in [6, 6.07) is 16.2. The maximum absolute atomic E-state index is 12.2. The highest BCUT2D eigenvalue weighted by molar-refractivity contribution is 5.90. The van der Waals surface area contributed by atoms with E-state index in [4.69, 9.17) is 0 Å². The summed E-state index contributed by atoms with van der Waals surface area (Å²) in [6.07, 6.45) is 7.38. The Morgan fingerprint density at radius 1 is 0.867 bits per heavy atom. The van der Waals surface area contributed by atoms with Crippen molar-refractivity contribution in [3.8, 4) is 0 Å². The van der Waals surface area contributed by atoms with E-state index >= 15 is 0 Å². The highest BCUT2D eigenvalue weighted by atomic mass is 16.1. The van der Waals surface area contributed by atoms with Crippen LogP contribution < -0.4 is 15.1 Å². The van der Waals surface area contributed by atoms with Gasteiger partial charge >= 0.3 is 0 Å². The third-order valence-corrected chi connectivity index (χ3v) is 5.17. The highest BCUT2D eigenvalue weighted by Gasteiger charge is 2.19. The number of carbonyl (C=O) groups is 1. The normalized spacial score (nSPS) is 13.9. The van der Waals surface area contributed by atoms with E-state index in [1.165, 1.54) is 5.56 Å². The van der Waals surface area contributed by atoms with Gasteiger partial charge in [0.2, 0.25) is 11.9 Å². The number of piperazine rings is 1. The van der Waals surface area contributed by atoms with Crippen molar-refractivity contribution < 1.29 is 4.79 Å². The number of aromatic nitrogens is 3. The van der Waals surface area contributed by atoms with E-state index in [0.717, 1.165) is 44.8 Å². The van der Waals surface area contributed by atoms with Crippen molar-refractivity contribution in [1.29, 1.82) is 0 Å². The second kappa shape index (κ2) is 9.82. The van der Waals surface area contributed by atoms with Crippen LogP contribution in [0.25, 0.3) is 0 Å². The topological polar surface area (TPSA) is 74.2 Å². The molecule has 0 atom stereocenters. The minimum Gasteiger partial charge on any atom is -0.353 e. The Balaban J connectivity index is 1.23. The van der Waals surface area contributed by atoms with E-state index < -0.39 is 0 Å². The maximum Gasteiger partial charge on any atom is 0.225 e. The van der Waals surface area contributed by atoms with Crippen LogP contribution in [0.4, 0.5) is 17.5 Å². The molecule has 0 aliphatic carbocycles. The van der Waals surface area contributed by atoms with Crippen LogP contribution >= 0.6 is 0 Å². The molecule has 30 heavy (non-hydrogen) atoms. The molecular weight excluding hydrogens is 376 g/mol. The van der Waals surface area contributed by atoms with Gasteiger partial charge in [0.05, 0.1) is 18.1 Å². The average Bonchev–Trinajstić information content (AvgIpc) is 2.81. The predicted octanol–water partition coefficient (Wildman–Crippen LogP) is 3.16. The molecule has 154 valence electrons. The minimum absolute atomic E-state index is 0.00810. The predicted molar refractivity (Wildman–Crippen MR) is 119 cm³/mol. The molecule has 2 aromatic heterocycles. The zero-order chi connectivity index (χ0) is 20.6. The molecule has 7 heteroatoms. The number of aryl methyl sites for hydroxylation is 1. The summed E-state index contributed by atoms with van der Waals surface area (Å²) in [4.78, 5) is 29.9. The molecule has 1 saturated heterocycles. The number of rotatable bonds is 7. The molecule has 0 saturated carbocycles. The molecule has 1 fully saturated rings. The van der Waals surface area contributed by atoms with Crippen molar-refractivity contribution in [2.24, 2.45) is 0 Å². The van der Waals surface area contributed by atoms with E-state index in [9.17, 15) is 4.79 Å². The van der Waals surface area contributed by atoms with Crippen LogP contribution in [0.2, 0.25) is 0 Å². The summed E-state index contributed by atoms with van der Waals surface area (Å²) in [5.41, 5.74) is 1.89. The summed E-state index contributed by atoms with van der Waals surface area (Å²) < 4.78 is 0. The first-order valence-electron chi connectivity index (χ1n) is 10.3. The van der Waals surface area contributed by atoms with Gasteiger partial charge in [-0.25, -0.2) is 15.0 Å². The number of hydrogen-bond donors (Lipinski definition) is 1. The summed E-state index contributed by atoms with van der Waals surface area (Å²) in [6.45, 7) is 3.42. The number of amides is 1. The molecule has 1 amide bonds. The van der Waals surface area contributed by atoms with Gasteiger partial charge < -0.3 is 15.1 Å². The van der Waals surface area contributed by atoms with Gasteiger partial charge in [0, 0.05) is 38.8 Å². The van der Waals surface area contributed by atoms with Gasteiger partial charge in [0.25, 0.3) is 0 Å².